The molecule has 15 aromatic rings. The molecule has 2 aliphatic rings. The van der Waals surface area contributed by atoms with Gasteiger partial charge in [0.05, 0.1) is 11.4 Å². The quantitative estimate of drug-likeness (QED) is 0.113. The number of rotatable bonds is 12. The van der Waals surface area contributed by atoms with Gasteiger partial charge in [-0.05, 0) is 175 Å². The Kier molecular flexibility index (Phi) is 16.8. The van der Waals surface area contributed by atoms with Crippen molar-refractivity contribution in [1.29, 1.82) is 0 Å². The molecule has 0 bridgehead atoms. The second-order valence-corrected chi connectivity index (χ2v) is 31.6. The van der Waals surface area contributed by atoms with Gasteiger partial charge in [-0.15, -0.1) is 0 Å². The van der Waals surface area contributed by atoms with Gasteiger partial charge < -0.3 is 9.80 Å². The van der Waals surface area contributed by atoms with E-state index in [9.17, 15) is 0 Å². The summed E-state index contributed by atoms with van der Waals surface area (Å²) in [4.78, 5) is 5.43. The van der Waals surface area contributed by atoms with Crippen molar-refractivity contribution in [2.45, 2.75) is 78.6 Å². The predicted molar refractivity (Wildman–Crippen MR) is 451 cm³/mol. The van der Waals surface area contributed by atoms with E-state index >= 15 is 0 Å². The smallest absolute Gasteiger partial charge is 0.252 e. The lowest BCUT2D eigenvalue weighted by molar-refractivity contribution is 0.590. The summed E-state index contributed by atoms with van der Waals surface area (Å²) in [5.74, 6) is 0. The first-order valence-electron chi connectivity index (χ1n) is 37.2. The van der Waals surface area contributed by atoms with Crippen molar-refractivity contribution < 1.29 is 0 Å². The van der Waals surface area contributed by atoms with Crippen molar-refractivity contribution in [3.63, 3.8) is 0 Å². The third kappa shape index (κ3) is 12.1. The molecule has 105 heavy (non-hydrogen) atoms. The molecule has 17 rings (SSSR count). The zero-order valence-corrected chi connectivity index (χ0v) is 61.5. The Morgan fingerprint density at radius 3 is 0.762 bits per heavy atom. The number of fused-ring (bicyclic) bond motifs is 4. The number of hydrogen-bond acceptors (Lipinski definition) is 2. The lowest BCUT2D eigenvalue weighted by atomic mass is 9.33. The van der Waals surface area contributed by atoms with Gasteiger partial charge in [-0.1, -0.05) is 378 Å². The Morgan fingerprint density at radius 2 is 0.457 bits per heavy atom. The molecule has 2 aliphatic heterocycles. The second kappa shape index (κ2) is 26.7. The Morgan fingerprint density at radius 1 is 0.190 bits per heavy atom. The molecule has 0 aliphatic carbocycles. The second-order valence-electron chi connectivity index (χ2n) is 31.6. The summed E-state index contributed by atoms with van der Waals surface area (Å²) in [6.07, 6.45) is 0. The maximum absolute atomic E-state index is 2.71. The zero-order valence-electron chi connectivity index (χ0n) is 61.5. The minimum atomic E-state index is -0.337. The molecule has 0 unspecified atom stereocenters. The molecule has 0 saturated heterocycles. The van der Waals surface area contributed by atoms with Crippen LogP contribution in [0.1, 0.15) is 79.0 Å². The molecule has 0 saturated carbocycles. The summed E-state index contributed by atoms with van der Waals surface area (Å²) in [5.41, 5.74) is 37.0. The molecular formula is C102H85BN2. The zero-order chi connectivity index (χ0) is 71.7. The van der Waals surface area contributed by atoms with Crippen LogP contribution in [0.2, 0.25) is 0 Å². The highest BCUT2D eigenvalue weighted by Crippen LogP contribution is 2.58. The topological polar surface area (TPSA) is 6.48 Å². The van der Waals surface area contributed by atoms with E-state index in [1.807, 2.05) is 0 Å². The first kappa shape index (κ1) is 66.2. The van der Waals surface area contributed by atoms with Crippen molar-refractivity contribution >= 4 is 57.2 Å². The van der Waals surface area contributed by atoms with Crippen LogP contribution in [0.5, 0.6) is 0 Å². The van der Waals surface area contributed by atoms with Gasteiger partial charge in [0.15, 0.2) is 0 Å². The van der Waals surface area contributed by atoms with E-state index in [1.165, 1.54) is 77.6 Å². The first-order chi connectivity index (χ1) is 51.0. The van der Waals surface area contributed by atoms with Crippen molar-refractivity contribution in [1.82, 2.24) is 0 Å². The fraction of sp³-hybridized carbons (Fsp3) is 0.118. The van der Waals surface area contributed by atoms with Crippen LogP contribution in [-0.2, 0) is 16.2 Å². The van der Waals surface area contributed by atoms with Crippen LogP contribution in [0.25, 0.3) is 111 Å². The Bertz CT molecular complexity index is 5390. The van der Waals surface area contributed by atoms with Crippen LogP contribution >= 0.6 is 0 Å². The van der Waals surface area contributed by atoms with Gasteiger partial charge in [-0.25, -0.2) is 0 Å². The molecular weight excluding hydrogens is 1260 g/mol. The number of benzene rings is 15. The molecule has 0 aromatic heterocycles. The van der Waals surface area contributed by atoms with E-state index in [4.69, 9.17) is 0 Å². The highest BCUT2D eigenvalue weighted by molar-refractivity contribution is 7.00. The van der Waals surface area contributed by atoms with E-state index in [0.29, 0.717) is 0 Å². The Labute approximate surface area is 621 Å². The van der Waals surface area contributed by atoms with E-state index < -0.39 is 0 Å². The summed E-state index contributed by atoms with van der Waals surface area (Å²) in [5, 5.41) is 0. The van der Waals surface area contributed by atoms with E-state index in [2.05, 4.69) is 424 Å². The maximum atomic E-state index is 2.71. The van der Waals surface area contributed by atoms with Gasteiger partial charge in [-0.2, -0.15) is 0 Å². The van der Waals surface area contributed by atoms with Gasteiger partial charge >= 0.3 is 0 Å². The fourth-order valence-electron chi connectivity index (χ4n) is 16.4. The van der Waals surface area contributed by atoms with Gasteiger partial charge in [0.25, 0.3) is 6.71 Å². The molecule has 0 spiro atoms. The highest BCUT2D eigenvalue weighted by atomic mass is 15.2. The minimum absolute atomic E-state index is 0.0720. The lowest BCUT2D eigenvalue weighted by Crippen LogP contribution is -2.61. The average Bonchev–Trinajstić information content (AvgIpc) is 0.685. The Balaban J connectivity index is 1.09. The fourth-order valence-corrected chi connectivity index (χ4v) is 16.4. The lowest BCUT2D eigenvalue weighted by Gasteiger charge is -2.46. The molecule has 506 valence electrons. The van der Waals surface area contributed by atoms with E-state index in [0.717, 1.165) is 101 Å². The molecule has 3 heteroatoms. The summed E-state index contributed by atoms with van der Waals surface area (Å²) >= 11 is 0. The van der Waals surface area contributed by atoms with Gasteiger partial charge in [0.1, 0.15) is 0 Å². The standard InChI is InChI=1S/C102H85BN2/c1-100(2,3)80-54-34-52-76(60-80)78-56-58-87-85(62-78)103-86-63-79(77-53-35-55-81(61-77)101(4,5)6)57-59-88(86)105(90-67-84(69-38-20-11-21-39-69)94(71-42-24-13-25-43-71)98(75-50-32-17-33-51-75)96(90)73-46-28-15-29-47-73)92-65-82(102(7,8)9)64-91(99(92)103)104(87)89-66-83(68-36-18-10-19-37-68)93(70-40-22-12-23-41-70)97(74-48-30-16-31-49-74)95(89)72-44-26-14-27-45-72/h10-67H,1-9H3. The summed E-state index contributed by atoms with van der Waals surface area (Å²) in [6, 6.07) is 133. The predicted octanol–water partition coefficient (Wildman–Crippen LogP) is 26.3. The van der Waals surface area contributed by atoms with Crippen molar-refractivity contribution in [3.05, 3.63) is 369 Å². The molecule has 0 fully saturated rings. The number of hydrogen-bond donors (Lipinski definition) is 0. The number of nitrogens with zero attached hydrogens (tertiary/aromatic N) is 2. The summed E-state index contributed by atoms with van der Waals surface area (Å²) in [7, 11) is 0. The largest absolute Gasteiger partial charge is 0.311 e. The number of anilines is 6. The third-order valence-corrected chi connectivity index (χ3v) is 21.7. The summed E-state index contributed by atoms with van der Waals surface area (Å²) < 4.78 is 0. The van der Waals surface area contributed by atoms with E-state index in [1.54, 1.807) is 0 Å². The van der Waals surface area contributed by atoms with Crippen LogP contribution in [0.4, 0.5) is 34.1 Å². The monoisotopic (exact) mass is 1350 g/mol. The van der Waals surface area contributed by atoms with Gasteiger partial charge in [0.2, 0.25) is 0 Å². The van der Waals surface area contributed by atoms with Gasteiger partial charge in [-0.3, -0.25) is 0 Å². The maximum Gasteiger partial charge on any atom is 0.252 e. The van der Waals surface area contributed by atoms with Gasteiger partial charge in [0, 0.05) is 45.0 Å². The van der Waals surface area contributed by atoms with Crippen LogP contribution in [0.3, 0.4) is 0 Å². The van der Waals surface area contributed by atoms with Crippen molar-refractivity contribution in [3.8, 4) is 111 Å². The first-order valence-corrected chi connectivity index (χ1v) is 37.2. The molecule has 2 nitrogen and oxygen atoms in total. The molecule has 0 amide bonds. The Hall–Kier alpha value is -12.0. The minimum Gasteiger partial charge on any atom is -0.311 e. The molecule has 0 atom stereocenters. The van der Waals surface area contributed by atoms with Crippen LogP contribution < -0.4 is 26.2 Å². The van der Waals surface area contributed by atoms with Crippen molar-refractivity contribution in [2.24, 2.45) is 0 Å². The molecule has 15 aromatic carbocycles. The third-order valence-electron chi connectivity index (χ3n) is 21.7. The van der Waals surface area contributed by atoms with Crippen LogP contribution in [-0.4, -0.2) is 6.71 Å². The summed E-state index contributed by atoms with van der Waals surface area (Å²) in [6.45, 7) is 20.9. The molecule has 0 radical (unpaired) electrons. The molecule has 2 heterocycles. The average molecular weight is 1350 g/mol. The molecule has 0 N–H and O–H groups in total. The normalized spacial score (nSPS) is 12.6. The van der Waals surface area contributed by atoms with E-state index in [-0.39, 0.29) is 23.0 Å². The SMILES string of the molecule is CC(C)(C)c1cccc(-c2ccc3c(c2)B2c4cc(-c5cccc(C(C)(C)C)c5)ccc4N(c4cc(-c5ccccc5)c(-c5ccccc5)c(-c5ccccc5)c4-c4ccccc4)c4cc(C(C)(C)C)cc(c42)N3c2cc(-c3ccccc3)c(-c3ccccc3)c(-c3ccccc3)c2-c2ccccc2)c1. The highest BCUT2D eigenvalue weighted by Gasteiger charge is 2.46. The van der Waals surface area contributed by atoms with Crippen LogP contribution in [0.15, 0.2) is 352 Å². The van der Waals surface area contributed by atoms with Crippen molar-refractivity contribution in [2.75, 3.05) is 9.80 Å². The van der Waals surface area contributed by atoms with Crippen LogP contribution in [0, 0.1) is 0 Å².